The van der Waals surface area contributed by atoms with Crippen LogP contribution in [0.1, 0.15) is 418 Å². The van der Waals surface area contributed by atoms with Gasteiger partial charge in [-0.05, 0) is 77.0 Å². The second-order valence-corrected chi connectivity index (χ2v) is 25.6. The molecule has 0 fully saturated rings. The van der Waals surface area contributed by atoms with Gasteiger partial charge in [-0.3, -0.25) is 9.59 Å². The molecule has 0 saturated carbocycles. The molecule has 480 valence electrons. The molecule has 0 aromatic heterocycles. The molecule has 0 spiro atoms. The van der Waals surface area contributed by atoms with Crippen molar-refractivity contribution >= 4 is 11.9 Å². The SMILES string of the molecule is CCCCCCCCC/C=C\CCCCCCCC(=O)OCCCCCCCCCCCCCC/C=C\CCCCCCCCCCCC(=O)NC(CO)C(O)CCCCCCCCCCCCCCCCCCCCCCCCC. The summed E-state index contributed by atoms with van der Waals surface area (Å²) in [7, 11) is 0. The van der Waals surface area contributed by atoms with Crippen molar-refractivity contribution in [3.63, 3.8) is 0 Å². The summed E-state index contributed by atoms with van der Waals surface area (Å²) in [6.07, 6.45) is 89.5. The fourth-order valence-corrected chi connectivity index (χ4v) is 11.8. The molecule has 0 aliphatic rings. The molecule has 0 aliphatic carbocycles. The van der Waals surface area contributed by atoms with Gasteiger partial charge in [0.25, 0.3) is 0 Å². The molecule has 81 heavy (non-hydrogen) atoms. The van der Waals surface area contributed by atoms with Gasteiger partial charge in [0.1, 0.15) is 0 Å². The zero-order valence-corrected chi connectivity index (χ0v) is 55.0. The van der Waals surface area contributed by atoms with Crippen LogP contribution >= 0.6 is 0 Å². The summed E-state index contributed by atoms with van der Waals surface area (Å²) >= 11 is 0. The smallest absolute Gasteiger partial charge is 0.305 e. The van der Waals surface area contributed by atoms with Gasteiger partial charge in [0, 0.05) is 12.8 Å². The van der Waals surface area contributed by atoms with E-state index in [2.05, 4.69) is 43.5 Å². The molecule has 0 aliphatic heterocycles. The first-order chi connectivity index (χ1) is 40.0. The van der Waals surface area contributed by atoms with Gasteiger partial charge in [-0.15, -0.1) is 0 Å². The third kappa shape index (κ3) is 67.3. The predicted octanol–water partition coefficient (Wildman–Crippen LogP) is 24.1. The molecule has 0 aromatic carbocycles. The number of hydrogen-bond donors (Lipinski definition) is 3. The van der Waals surface area contributed by atoms with Crippen LogP contribution in [0.15, 0.2) is 24.3 Å². The zero-order chi connectivity index (χ0) is 58.5. The minimum Gasteiger partial charge on any atom is -0.466 e. The Kier molecular flexibility index (Phi) is 69.4. The van der Waals surface area contributed by atoms with Crippen molar-refractivity contribution < 1.29 is 24.5 Å². The molecule has 0 saturated heterocycles. The topological polar surface area (TPSA) is 95.9 Å². The van der Waals surface area contributed by atoms with E-state index < -0.39 is 12.1 Å². The van der Waals surface area contributed by atoms with E-state index in [4.69, 9.17) is 4.74 Å². The molecule has 1 amide bonds. The van der Waals surface area contributed by atoms with E-state index in [1.54, 1.807) is 0 Å². The first-order valence-corrected chi connectivity index (χ1v) is 37.1. The maximum Gasteiger partial charge on any atom is 0.305 e. The van der Waals surface area contributed by atoms with E-state index >= 15 is 0 Å². The summed E-state index contributed by atoms with van der Waals surface area (Å²) < 4.78 is 5.50. The van der Waals surface area contributed by atoms with Crippen LogP contribution in [-0.4, -0.2) is 47.4 Å². The highest BCUT2D eigenvalue weighted by atomic mass is 16.5. The third-order valence-corrected chi connectivity index (χ3v) is 17.5. The number of carbonyl (C=O) groups excluding carboxylic acids is 2. The van der Waals surface area contributed by atoms with E-state index in [0.29, 0.717) is 25.9 Å². The number of unbranched alkanes of at least 4 members (excludes halogenated alkanes) is 55. The van der Waals surface area contributed by atoms with E-state index in [9.17, 15) is 19.8 Å². The molecule has 6 heteroatoms. The van der Waals surface area contributed by atoms with E-state index in [0.717, 1.165) is 44.9 Å². The maximum atomic E-state index is 12.6. The molecule has 0 radical (unpaired) electrons. The monoisotopic (exact) mass is 1140 g/mol. The Balaban J connectivity index is 3.39. The minimum absolute atomic E-state index is 0.00713. The second kappa shape index (κ2) is 70.8. The van der Waals surface area contributed by atoms with Crippen LogP contribution in [0.5, 0.6) is 0 Å². The second-order valence-electron chi connectivity index (χ2n) is 25.6. The number of carbonyl (C=O) groups is 2. The van der Waals surface area contributed by atoms with Crippen LogP contribution in [0.2, 0.25) is 0 Å². The maximum absolute atomic E-state index is 12.6. The molecule has 2 atom stereocenters. The van der Waals surface area contributed by atoms with E-state index in [1.165, 1.54) is 340 Å². The normalized spacial score (nSPS) is 12.6. The van der Waals surface area contributed by atoms with Crippen molar-refractivity contribution in [3.8, 4) is 0 Å². The summed E-state index contributed by atoms with van der Waals surface area (Å²) in [6, 6.07) is -0.545. The quantitative estimate of drug-likeness (QED) is 0.0320. The summed E-state index contributed by atoms with van der Waals surface area (Å²) in [5, 5.41) is 23.4. The number of esters is 1. The van der Waals surface area contributed by atoms with Gasteiger partial charge < -0.3 is 20.3 Å². The Bertz CT molecular complexity index is 1270. The molecule has 6 nitrogen and oxygen atoms in total. The van der Waals surface area contributed by atoms with E-state index in [1.807, 2.05) is 0 Å². The summed E-state index contributed by atoms with van der Waals surface area (Å²) in [5.74, 6) is -0.0261. The summed E-state index contributed by atoms with van der Waals surface area (Å²) in [6.45, 7) is 4.99. The number of nitrogens with one attached hydrogen (secondary N) is 1. The van der Waals surface area contributed by atoms with Gasteiger partial charge in [0.2, 0.25) is 5.91 Å². The average molecular weight is 1140 g/mol. The van der Waals surface area contributed by atoms with Gasteiger partial charge >= 0.3 is 5.97 Å². The molecule has 3 N–H and O–H groups in total. The Morgan fingerprint density at radius 3 is 0.877 bits per heavy atom. The Labute approximate surface area is 507 Å². The fraction of sp³-hybridized carbons (Fsp3) is 0.920. The van der Waals surface area contributed by atoms with Crippen LogP contribution < -0.4 is 5.32 Å². The molecular formula is C75H145NO5. The molecule has 0 aromatic rings. The summed E-state index contributed by atoms with van der Waals surface area (Å²) in [4.78, 5) is 24.6. The van der Waals surface area contributed by atoms with Crippen LogP contribution in [0.3, 0.4) is 0 Å². The Morgan fingerprint density at radius 1 is 0.333 bits per heavy atom. The van der Waals surface area contributed by atoms with Crippen molar-refractivity contribution in [2.45, 2.75) is 431 Å². The number of allylic oxidation sites excluding steroid dienone is 4. The van der Waals surface area contributed by atoms with Crippen LogP contribution in [0.4, 0.5) is 0 Å². The van der Waals surface area contributed by atoms with Crippen molar-refractivity contribution in [2.24, 2.45) is 0 Å². The predicted molar refractivity (Wildman–Crippen MR) is 356 cm³/mol. The van der Waals surface area contributed by atoms with Crippen LogP contribution in [0.25, 0.3) is 0 Å². The first-order valence-electron chi connectivity index (χ1n) is 37.1. The van der Waals surface area contributed by atoms with Gasteiger partial charge in [-0.1, -0.05) is 353 Å². The van der Waals surface area contributed by atoms with Crippen molar-refractivity contribution in [3.05, 3.63) is 24.3 Å². The zero-order valence-electron chi connectivity index (χ0n) is 55.0. The van der Waals surface area contributed by atoms with Gasteiger partial charge in [0.05, 0.1) is 25.4 Å². The van der Waals surface area contributed by atoms with Gasteiger partial charge in [-0.2, -0.15) is 0 Å². The highest BCUT2D eigenvalue weighted by Crippen LogP contribution is 2.19. The summed E-state index contributed by atoms with van der Waals surface area (Å²) in [5.41, 5.74) is 0. The van der Waals surface area contributed by atoms with Crippen molar-refractivity contribution in [1.82, 2.24) is 5.32 Å². The highest BCUT2D eigenvalue weighted by molar-refractivity contribution is 5.76. The molecule has 0 heterocycles. The lowest BCUT2D eigenvalue weighted by molar-refractivity contribution is -0.143. The van der Waals surface area contributed by atoms with E-state index in [-0.39, 0.29) is 18.5 Å². The number of aliphatic hydroxyl groups is 2. The average Bonchev–Trinajstić information content (AvgIpc) is 3.47. The van der Waals surface area contributed by atoms with Crippen molar-refractivity contribution in [1.29, 1.82) is 0 Å². The number of aliphatic hydroxyl groups excluding tert-OH is 2. The number of rotatable bonds is 70. The largest absolute Gasteiger partial charge is 0.466 e. The number of ether oxygens (including phenoxy) is 1. The van der Waals surface area contributed by atoms with Gasteiger partial charge in [0.15, 0.2) is 0 Å². The fourth-order valence-electron chi connectivity index (χ4n) is 11.8. The van der Waals surface area contributed by atoms with Crippen LogP contribution in [-0.2, 0) is 14.3 Å². The number of amides is 1. The standard InChI is InChI=1S/C75H145NO5/c1-3-5-7-9-11-13-15-17-19-21-22-23-27-30-33-36-39-43-47-51-55-59-63-67-73(78)72(71-77)76-74(79)68-64-60-56-52-48-44-40-37-34-31-28-25-24-26-29-32-35-38-42-46-50-54-58-62-66-70-81-75(80)69-65-61-57-53-49-45-41-20-18-16-14-12-10-8-6-4-2/h20,25,28,41,72-73,77-78H,3-19,21-24,26-27,29-40,42-71H2,1-2H3,(H,76,79)/b28-25-,41-20-. The van der Waals surface area contributed by atoms with Crippen molar-refractivity contribution in [2.75, 3.05) is 13.2 Å². The lowest BCUT2D eigenvalue weighted by Crippen LogP contribution is -2.45. The molecule has 0 bridgehead atoms. The first kappa shape index (κ1) is 79.3. The number of hydrogen-bond acceptors (Lipinski definition) is 5. The Hall–Kier alpha value is -1.66. The minimum atomic E-state index is -0.668. The lowest BCUT2D eigenvalue weighted by atomic mass is 10.0. The van der Waals surface area contributed by atoms with Crippen LogP contribution in [0, 0.1) is 0 Å². The lowest BCUT2D eigenvalue weighted by Gasteiger charge is -2.22. The molecular weight excluding hydrogens is 995 g/mol. The molecule has 0 rings (SSSR count). The third-order valence-electron chi connectivity index (χ3n) is 17.5. The highest BCUT2D eigenvalue weighted by Gasteiger charge is 2.20. The van der Waals surface area contributed by atoms with Gasteiger partial charge in [-0.25, -0.2) is 0 Å². The molecule has 2 unspecified atom stereocenters. The Morgan fingerprint density at radius 2 is 0.580 bits per heavy atom.